The number of ether oxygens (including phenoxy) is 3. The molecule has 0 aromatic heterocycles. The molecule has 9 nitrogen and oxygen atoms in total. The highest BCUT2D eigenvalue weighted by Gasteiger charge is 2.55. The Morgan fingerprint density at radius 1 is 0.824 bits per heavy atom. The van der Waals surface area contributed by atoms with Gasteiger partial charge in [0.25, 0.3) is 5.91 Å². The molecule has 9 heteroatoms. The molecule has 34 heavy (non-hydrogen) atoms. The van der Waals surface area contributed by atoms with Crippen molar-refractivity contribution in [3.63, 3.8) is 0 Å². The monoisotopic (exact) mass is 464 g/mol. The first kappa shape index (κ1) is 22.3. The van der Waals surface area contributed by atoms with Gasteiger partial charge in [-0.15, -0.1) is 0 Å². The zero-order valence-electron chi connectivity index (χ0n) is 18.7. The second-order valence-corrected chi connectivity index (χ2v) is 7.74. The smallest absolute Gasteiger partial charge is 0.273 e. The second kappa shape index (κ2) is 9.80. The van der Waals surface area contributed by atoms with Gasteiger partial charge in [-0.2, -0.15) is 4.89 Å². The summed E-state index contributed by atoms with van der Waals surface area (Å²) >= 11 is 0. The van der Waals surface area contributed by atoms with Crippen LogP contribution in [0.25, 0.3) is 0 Å². The van der Waals surface area contributed by atoms with Crippen molar-refractivity contribution < 1.29 is 33.7 Å². The van der Waals surface area contributed by atoms with Gasteiger partial charge in [-0.25, -0.2) is 9.85 Å². The molecular weight excluding hydrogens is 440 g/mol. The lowest BCUT2D eigenvalue weighted by atomic mass is 9.92. The highest BCUT2D eigenvalue weighted by atomic mass is 17.4. The minimum atomic E-state index is -0.848. The molecule has 3 aromatic rings. The van der Waals surface area contributed by atoms with Crippen molar-refractivity contribution in [1.82, 2.24) is 10.3 Å². The van der Waals surface area contributed by atoms with Crippen LogP contribution in [0.5, 0.6) is 11.5 Å². The molecule has 0 spiro atoms. The van der Waals surface area contributed by atoms with Gasteiger partial charge in [0.1, 0.15) is 17.5 Å². The number of methoxy groups -OCH3 is 2. The van der Waals surface area contributed by atoms with E-state index in [2.05, 4.69) is 0 Å². The molecule has 2 fully saturated rings. The first-order valence-electron chi connectivity index (χ1n) is 10.7. The van der Waals surface area contributed by atoms with E-state index in [0.29, 0.717) is 23.7 Å². The Hall–Kier alpha value is -3.47. The third kappa shape index (κ3) is 4.35. The van der Waals surface area contributed by atoms with Gasteiger partial charge in [-0.05, 0) is 35.4 Å². The summed E-state index contributed by atoms with van der Waals surface area (Å²) in [6, 6.07) is 23.8. The fourth-order valence-electron chi connectivity index (χ4n) is 3.83. The van der Waals surface area contributed by atoms with Crippen molar-refractivity contribution in [1.29, 1.82) is 0 Å². The number of rotatable bonds is 8. The van der Waals surface area contributed by atoms with E-state index in [1.807, 2.05) is 54.6 Å². The number of β-lactam (4-membered cyclic amide) rings is 1. The van der Waals surface area contributed by atoms with Crippen LogP contribution >= 0.6 is 0 Å². The SMILES string of the molecule is COc1ccc(C2OON(N3C(=O)C(OCc4ccccc4)C3c3ccc(OC)cc3)O2)cc1. The molecule has 1 amide bonds. The topological polar surface area (TPSA) is 78.9 Å². The van der Waals surface area contributed by atoms with Crippen LogP contribution in [0.15, 0.2) is 78.9 Å². The summed E-state index contributed by atoms with van der Waals surface area (Å²) in [5.74, 6) is 1.10. The maximum absolute atomic E-state index is 13.1. The highest BCUT2D eigenvalue weighted by Crippen LogP contribution is 2.42. The van der Waals surface area contributed by atoms with E-state index in [-0.39, 0.29) is 5.91 Å². The lowest BCUT2D eigenvalue weighted by Gasteiger charge is -2.47. The molecule has 0 aliphatic carbocycles. The number of nitrogens with zero attached hydrogens (tertiary/aromatic N) is 2. The highest BCUT2D eigenvalue weighted by molar-refractivity contribution is 5.88. The normalized spacial score (nSPS) is 22.5. The van der Waals surface area contributed by atoms with Gasteiger partial charge in [0.05, 0.1) is 26.2 Å². The molecule has 0 N–H and O–H groups in total. The van der Waals surface area contributed by atoms with E-state index in [9.17, 15) is 4.79 Å². The van der Waals surface area contributed by atoms with E-state index >= 15 is 0 Å². The van der Waals surface area contributed by atoms with Crippen molar-refractivity contribution in [3.05, 3.63) is 95.6 Å². The van der Waals surface area contributed by atoms with E-state index in [1.54, 1.807) is 38.5 Å². The number of benzene rings is 3. The molecule has 2 aliphatic heterocycles. The number of amides is 1. The van der Waals surface area contributed by atoms with Gasteiger partial charge in [0.2, 0.25) is 6.29 Å². The summed E-state index contributed by atoms with van der Waals surface area (Å²) in [5, 5.41) is 2.30. The van der Waals surface area contributed by atoms with Crippen molar-refractivity contribution in [3.8, 4) is 11.5 Å². The molecule has 3 atom stereocenters. The molecule has 3 unspecified atom stereocenters. The third-order valence-corrected chi connectivity index (χ3v) is 5.69. The van der Waals surface area contributed by atoms with Gasteiger partial charge in [0, 0.05) is 5.56 Å². The lowest BCUT2D eigenvalue weighted by molar-refractivity contribution is -0.492. The quantitative estimate of drug-likeness (QED) is 0.367. The summed E-state index contributed by atoms with van der Waals surface area (Å²) in [4.78, 5) is 29.5. The molecule has 2 aliphatic rings. The van der Waals surface area contributed by atoms with Crippen LogP contribution in [0.4, 0.5) is 0 Å². The average molecular weight is 464 g/mol. The van der Waals surface area contributed by atoms with Crippen molar-refractivity contribution in [2.45, 2.75) is 25.0 Å². The number of carbonyl (C=O) groups excluding carboxylic acids is 1. The second-order valence-electron chi connectivity index (χ2n) is 7.74. The fourth-order valence-corrected chi connectivity index (χ4v) is 3.83. The Labute approximate surface area is 196 Å². The van der Waals surface area contributed by atoms with Crippen LogP contribution in [0.1, 0.15) is 29.0 Å². The lowest BCUT2D eigenvalue weighted by Crippen LogP contribution is -2.64. The zero-order chi connectivity index (χ0) is 23.5. The minimum Gasteiger partial charge on any atom is -0.497 e. The first-order valence-corrected chi connectivity index (χ1v) is 10.7. The molecule has 5 rings (SSSR count). The maximum atomic E-state index is 13.1. The first-order chi connectivity index (χ1) is 16.7. The van der Waals surface area contributed by atoms with E-state index in [4.69, 9.17) is 28.9 Å². The number of hydrogen-bond donors (Lipinski definition) is 0. The molecular formula is C25H24N2O7. The van der Waals surface area contributed by atoms with Crippen LogP contribution in [-0.2, 0) is 30.9 Å². The summed E-state index contributed by atoms with van der Waals surface area (Å²) in [5.41, 5.74) is 2.51. The molecule has 2 saturated heterocycles. The van der Waals surface area contributed by atoms with Gasteiger partial charge >= 0.3 is 0 Å². The van der Waals surface area contributed by atoms with Crippen LogP contribution in [0, 0.1) is 0 Å². The van der Waals surface area contributed by atoms with Gasteiger partial charge in [-0.1, -0.05) is 59.6 Å². The van der Waals surface area contributed by atoms with E-state index in [0.717, 1.165) is 16.5 Å². The Morgan fingerprint density at radius 2 is 1.44 bits per heavy atom. The van der Waals surface area contributed by atoms with Crippen LogP contribution in [0.2, 0.25) is 0 Å². The van der Waals surface area contributed by atoms with Crippen LogP contribution < -0.4 is 9.47 Å². The largest absolute Gasteiger partial charge is 0.497 e. The van der Waals surface area contributed by atoms with Gasteiger partial charge in [0.15, 0.2) is 6.10 Å². The number of hydrogen-bond acceptors (Lipinski definition) is 8. The Bertz CT molecular complexity index is 1110. The standard InChI is InChI=1S/C25H24N2O7/c1-29-20-12-8-18(9-13-20)22-23(31-16-17-6-4-3-5-7-17)24(28)26(22)27-32-25(33-34-27)19-10-14-21(30-2)15-11-19/h3-15,22-23,25H,16H2,1-2H3. The van der Waals surface area contributed by atoms with Gasteiger partial charge in [-0.3, -0.25) is 4.79 Å². The Kier molecular flexibility index (Phi) is 6.43. The molecule has 3 aromatic carbocycles. The Morgan fingerprint density at radius 3 is 2.06 bits per heavy atom. The van der Waals surface area contributed by atoms with Crippen LogP contribution in [0.3, 0.4) is 0 Å². The molecule has 176 valence electrons. The molecule has 0 radical (unpaired) electrons. The predicted molar refractivity (Wildman–Crippen MR) is 118 cm³/mol. The average Bonchev–Trinajstić information content (AvgIpc) is 3.37. The molecule has 2 heterocycles. The summed E-state index contributed by atoms with van der Waals surface area (Å²) in [6.07, 6.45) is -1.57. The summed E-state index contributed by atoms with van der Waals surface area (Å²) in [6.45, 7) is 0.296. The van der Waals surface area contributed by atoms with Crippen molar-refractivity contribution in [2.24, 2.45) is 0 Å². The zero-order valence-corrected chi connectivity index (χ0v) is 18.7. The summed E-state index contributed by atoms with van der Waals surface area (Å²) in [7, 11) is 3.19. The van der Waals surface area contributed by atoms with Crippen LogP contribution in [-0.4, -0.2) is 36.6 Å². The van der Waals surface area contributed by atoms with Gasteiger partial charge < -0.3 is 14.2 Å². The molecule has 0 bridgehead atoms. The minimum absolute atomic E-state index is 0.296. The third-order valence-electron chi connectivity index (χ3n) is 5.69. The van der Waals surface area contributed by atoms with E-state index < -0.39 is 18.4 Å². The maximum Gasteiger partial charge on any atom is 0.273 e. The van der Waals surface area contributed by atoms with E-state index in [1.165, 1.54) is 5.01 Å². The molecule has 0 saturated carbocycles. The predicted octanol–water partition coefficient (Wildman–Crippen LogP) is 3.90. The Balaban J connectivity index is 1.33. The summed E-state index contributed by atoms with van der Waals surface area (Å²) < 4.78 is 16.5. The van der Waals surface area contributed by atoms with Crippen molar-refractivity contribution >= 4 is 5.91 Å². The number of hydrazine groups is 1. The fraction of sp³-hybridized carbons (Fsp3) is 0.240. The number of carbonyl (C=O) groups is 1. The van der Waals surface area contributed by atoms with Crippen molar-refractivity contribution in [2.75, 3.05) is 14.2 Å².